The Hall–Kier alpha value is -1.46. The van der Waals surface area contributed by atoms with Gasteiger partial charge in [-0.1, -0.05) is 17.7 Å². The smallest absolute Gasteiger partial charge is 0.197 e. The van der Waals surface area contributed by atoms with Crippen LogP contribution in [0.1, 0.15) is 29.6 Å². The summed E-state index contributed by atoms with van der Waals surface area (Å²) in [5, 5.41) is 0.0391. The summed E-state index contributed by atoms with van der Waals surface area (Å²) in [5.41, 5.74) is 0.297. The standard InChI is InChI=1S/C14H13ClO4S/c1-20(18,19)9-6-7-10(12(15)8-9)14(17)11-4-2-3-5-13(11)16/h4,6-8H,2-3,5H2,1H3. The Morgan fingerprint density at radius 1 is 1.30 bits per heavy atom. The number of carbonyl (C=O) groups excluding carboxylic acids is 2. The number of hydrogen-bond acceptors (Lipinski definition) is 4. The van der Waals surface area contributed by atoms with E-state index >= 15 is 0 Å². The van der Waals surface area contributed by atoms with Crippen molar-refractivity contribution < 1.29 is 18.0 Å². The molecule has 0 aromatic heterocycles. The minimum absolute atomic E-state index is 0.0391. The first kappa shape index (κ1) is 14.9. The molecule has 0 unspecified atom stereocenters. The maximum atomic E-state index is 12.3. The predicted molar refractivity (Wildman–Crippen MR) is 75.8 cm³/mol. The molecule has 0 radical (unpaired) electrons. The Bertz CT molecular complexity index is 717. The fourth-order valence-electron chi connectivity index (χ4n) is 2.03. The van der Waals surface area contributed by atoms with Gasteiger partial charge in [0.05, 0.1) is 15.5 Å². The lowest BCUT2D eigenvalue weighted by Crippen LogP contribution is -2.16. The molecule has 0 bridgehead atoms. The molecule has 20 heavy (non-hydrogen) atoms. The molecule has 1 aliphatic carbocycles. The third-order valence-corrected chi connectivity index (χ3v) is 4.54. The van der Waals surface area contributed by atoms with Crippen molar-refractivity contribution in [1.82, 2.24) is 0 Å². The number of allylic oxidation sites excluding steroid dienone is 2. The van der Waals surface area contributed by atoms with Gasteiger partial charge in [0, 0.05) is 18.2 Å². The Balaban J connectivity index is 2.41. The van der Waals surface area contributed by atoms with Crippen LogP contribution < -0.4 is 0 Å². The molecular formula is C14H13ClO4S. The van der Waals surface area contributed by atoms with Crippen molar-refractivity contribution in [2.24, 2.45) is 0 Å². The van der Waals surface area contributed by atoms with Gasteiger partial charge in [0.15, 0.2) is 21.4 Å². The Morgan fingerprint density at radius 2 is 2.00 bits per heavy atom. The molecule has 2 rings (SSSR count). The fourth-order valence-corrected chi connectivity index (χ4v) is 3.01. The molecule has 4 nitrogen and oxygen atoms in total. The number of ketones is 2. The van der Waals surface area contributed by atoms with Gasteiger partial charge in [-0.15, -0.1) is 0 Å². The zero-order valence-electron chi connectivity index (χ0n) is 10.8. The second-order valence-electron chi connectivity index (χ2n) is 4.68. The van der Waals surface area contributed by atoms with Crippen LogP contribution in [0.15, 0.2) is 34.7 Å². The summed E-state index contributed by atoms with van der Waals surface area (Å²) in [6.07, 6.45) is 4.47. The van der Waals surface area contributed by atoms with Crippen LogP contribution in [0.2, 0.25) is 5.02 Å². The maximum Gasteiger partial charge on any atom is 0.197 e. The molecule has 0 saturated heterocycles. The molecule has 106 valence electrons. The third-order valence-electron chi connectivity index (χ3n) is 3.11. The van der Waals surface area contributed by atoms with E-state index in [0.29, 0.717) is 12.8 Å². The molecule has 0 fully saturated rings. The van der Waals surface area contributed by atoms with Gasteiger partial charge in [0.2, 0.25) is 0 Å². The van der Waals surface area contributed by atoms with Crippen LogP contribution in [0, 0.1) is 0 Å². The molecule has 0 aliphatic heterocycles. The van der Waals surface area contributed by atoms with E-state index in [-0.39, 0.29) is 26.8 Å². The third kappa shape index (κ3) is 2.99. The Kier molecular flexibility index (Phi) is 4.11. The Labute approximate surface area is 122 Å². The summed E-state index contributed by atoms with van der Waals surface area (Å²) in [4.78, 5) is 24.0. The van der Waals surface area contributed by atoms with Crippen molar-refractivity contribution in [2.75, 3.05) is 6.26 Å². The summed E-state index contributed by atoms with van der Waals surface area (Å²) in [7, 11) is -3.38. The van der Waals surface area contributed by atoms with E-state index in [1.54, 1.807) is 6.08 Å². The first-order valence-corrected chi connectivity index (χ1v) is 8.35. The van der Waals surface area contributed by atoms with Crippen molar-refractivity contribution in [3.63, 3.8) is 0 Å². The molecule has 0 amide bonds. The predicted octanol–water partition coefficient (Wildman–Crippen LogP) is 2.61. The first-order chi connectivity index (χ1) is 9.30. The van der Waals surface area contributed by atoms with E-state index in [4.69, 9.17) is 11.6 Å². The van der Waals surface area contributed by atoms with E-state index in [9.17, 15) is 18.0 Å². The number of benzene rings is 1. The van der Waals surface area contributed by atoms with Crippen LogP contribution in [0.4, 0.5) is 0 Å². The van der Waals surface area contributed by atoms with Crippen LogP contribution in [0.3, 0.4) is 0 Å². The monoisotopic (exact) mass is 312 g/mol. The highest BCUT2D eigenvalue weighted by atomic mass is 35.5. The molecule has 0 N–H and O–H groups in total. The molecular weight excluding hydrogens is 300 g/mol. The van der Waals surface area contributed by atoms with Crippen LogP contribution in [0.5, 0.6) is 0 Å². The van der Waals surface area contributed by atoms with Crippen LogP contribution in [-0.4, -0.2) is 26.2 Å². The molecule has 0 saturated carbocycles. The SMILES string of the molecule is CS(=O)(=O)c1ccc(C(=O)C2=CCCCC2=O)c(Cl)c1. The molecule has 6 heteroatoms. The highest BCUT2D eigenvalue weighted by Crippen LogP contribution is 2.25. The van der Waals surface area contributed by atoms with Gasteiger partial charge in [-0.05, 0) is 31.0 Å². The lowest BCUT2D eigenvalue weighted by Gasteiger charge is -2.12. The average molecular weight is 313 g/mol. The van der Waals surface area contributed by atoms with Crippen LogP contribution in [-0.2, 0) is 14.6 Å². The second-order valence-corrected chi connectivity index (χ2v) is 7.10. The van der Waals surface area contributed by atoms with E-state index in [1.807, 2.05) is 0 Å². The second kappa shape index (κ2) is 5.50. The highest BCUT2D eigenvalue weighted by molar-refractivity contribution is 7.90. The molecule has 1 aliphatic rings. The first-order valence-electron chi connectivity index (χ1n) is 6.08. The van der Waals surface area contributed by atoms with Crippen molar-refractivity contribution >= 4 is 33.0 Å². The van der Waals surface area contributed by atoms with Crippen LogP contribution in [0.25, 0.3) is 0 Å². The van der Waals surface area contributed by atoms with Gasteiger partial charge in [-0.25, -0.2) is 8.42 Å². The van der Waals surface area contributed by atoms with Gasteiger partial charge in [-0.3, -0.25) is 9.59 Å². The largest absolute Gasteiger partial charge is 0.294 e. The van der Waals surface area contributed by atoms with E-state index in [2.05, 4.69) is 0 Å². The summed E-state index contributed by atoms with van der Waals surface area (Å²) in [6.45, 7) is 0. The topological polar surface area (TPSA) is 68.3 Å². The maximum absolute atomic E-state index is 12.3. The lowest BCUT2D eigenvalue weighted by atomic mass is 9.92. The minimum atomic E-state index is -3.38. The van der Waals surface area contributed by atoms with Gasteiger partial charge in [0.1, 0.15) is 0 Å². The Morgan fingerprint density at radius 3 is 2.55 bits per heavy atom. The van der Waals surface area contributed by atoms with Crippen molar-refractivity contribution in [3.8, 4) is 0 Å². The summed E-state index contributed by atoms with van der Waals surface area (Å²) in [6, 6.07) is 3.91. The zero-order valence-corrected chi connectivity index (χ0v) is 12.4. The molecule has 0 heterocycles. The van der Waals surface area contributed by atoms with Gasteiger partial charge in [-0.2, -0.15) is 0 Å². The van der Waals surface area contributed by atoms with Crippen molar-refractivity contribution in [2.45, 2.75) is 24.2 Å². The number of carbonyl (C=O) groups is 2. The quantitative estimate of drug-likeness (QED) is 0.635. The summed E-state index contributed by atoms with van der Waals surface area (Å²) >= 11 is 5.97. The van der Waals surface area contributed by atoms with Gasteiger partial charge in [0.25, 0.3) is 0 Å². The number of Topliss-reactive ketones (excluding diaryl/α,β-unsaturated/α-hetero) is 2. The van der Waals surface area contributed by atoms with Gasteiger partial charge >= 0.3 is 0 Å². The molecule has 0 atom stereocenters. The van der Waals surface area contributed by atoms with Crippen molar-refractivity contribution in [1.29, 1.82) is 0 Å². The number of sulfone groups is 1. The normalized spacial score (nSPS) is 15.9. The number of halogens is 1. The van der Waals surface area contributed by atoms with Gasteiger partial charge < -0.3 is 0 Å². The van der Waals surface area contributed by atoms with E-state index in [1.165, 1.54) is 18.2 Å². The van der Waals surface area contributed by atoms with E-state index < -0.39 is 15.6 Å². The summed E-state index contributed by atoms with van der Waals surface area (Å²) < 4.78 is 22.8. The molecule has 1 aromatic carbocycles. The number of rotatable bonds is 3. The number of hydrogen-bond donors (Lipinski definition) is 0. The average Bonchev–Trinajstić information content (AvgIpc) is 2.37. The zero-order chi connectivity index (χ0) is 14.9. The minimum Gasteiger partial charge on any atom is -0.294 e. The lowest BCUT2D eigenvalue weighted by molar-refractivity contribution is -0.115. The molecule has 1 aromatic rings. The highest BCUT2D eigenvalue weighted by Gasteiger charge is 2.24. The van der Waals surface area contributed by atoms with E-state index in [0.717, 1.165) is 12.7 Å². The fraction of sp³-hybridized carbons (Fsp3) is 0.286. The van der Waals surface area contributed by atoms with Crippen molar-refractivity contribution in [3.05, 3.63) is 40.4 Å². The molecule has 0 spiro atoms. The summed E-state index contributed by atoms with van der Waals surface area (Å²) in [5.74, 6) is -0.635. The van der Waals surface area contributed by atoms with Crippen LogP contribution >= 0.6 is 11.6 Å².